The molecule has 0 aliphatic carbocycles. The first kappa shape index (κ1) is 17.0. The monoisotopic (exact) mass is 367 g/mol. The van der Waals surface area contributed by atoms with Crippen LogP contribution in [0.2, 0.25) is 0 Å². The Labute approximate surface area is 151 Å². The largest absolute Gasteiger partial charge is 0.471 e. The van der Waals surface area contributed by atoms with Crippen molar-refractivity contribution in [3.8, 4) is 0 Å². The molecule has 0 amide bonds. The normalized spacial score (nSPS) is 18.1. The fraction of sp³-hybridized carbons (Fsp3) is 0.150. The minimum Gasteiger partial charge on any atom is -0.471 e. The van der Waals surface area contributed by atoms with E-state index in [9.17, 15) is 4.57 Å². The molecule has 0 unspecified atom stereocenters. The van der Waals surface area contributed by atoms with Gasteiger partial charge in [0.2, 0.25) is 5.85 Å². The molecule has 0 radical (unpaired) electrons. The molecule has 0 bridgehead atoms. The molecule has 1 atom stereocenters. The lowest BCUT2D eigenvalue weighted by Crippen LogP contribution is -2.02. The molecule has 1 aliphatic heterocycles. The molecule has 2 heterocycles. The van der Waals surface area contributed by atoms with Crippen LogP contribution in [0.5, 0.6) is 0 Å². The molecule has 1 aromatic heterocycles. The van der Waals surface area contributed by atoms with Gasteiger partial charge in [-0.05, 0) is 23.8 Å². The van der Waals surface area contributed by atoms with Crippen molar-refractivity contribution < 1.29 is 18.3 Å². The zero-order valence-corrected chi connectivity index (χ0v) is 15.4. The number of benzene rings is 2. The van der Waals surface area contributed by atoms with Crippen LogP contribution in [0.15, 0.2) is 60.7 Å². The van der Waals surface area contributed by atoms with Gasteiger partial charge in [0, 0.05) is 25.2 Å². The number of aromatic nitrogens is 1. The minimum absolute atomic E-state index is 0.552. The predicted molar refractivity (Wildman–Crippen MR) is 102 cm³/mol. The Morgan fingerprint density at radius 3 is 2.46 bits per heavy atom. The maximum absolute atomic E-state index is 13.0. The van der Waals surface area contributed by atoms with Gasteiger partial charge in [0.25, 0.3) is 0 Å². The number of nitrogens with zero attached hydrogens (tertiary/aromatic N) is 1. The van der Waals surface area contributed by atoms with Crippen molar-refractivity contribution in [2.24, 2.45) is 0 Å². The van der Waals surface area contributed by atoms with E-state index in [-0.39, 0.29) is 0 Å². The molecular weight excluding hydrogens is 349 g/mol. The van der Waals surface area contributed by atoms with Gasteiger partial charge in [-0.3, -0.25) is 4.57 Å². The molecule has 6 heteroatoms. The Morgan fingerprint density at radius 1 is 1.04 bits per heavy atom. The highest BCUT2D eigenvalue weighted by atomic mass is 31.2. The first-order valence-corrected chi connectivity index (χ1v) is 9.80. The Balaban J connectivity index is 1.92. The second kappa shape index (κ2) is 6.69. The quantitative estimate of drug-likeness (QED) is 0.590. The van der Waals surface area contributed by atoms with E-state index in [1.54, 1.807) is 0 Å². The van der Waals surface area contributed by atoms with Crippen LogP contribution in [-0.2, 0) is 18.3 Å². The van der Waals surface area contributed by atoms with E-state index >= 15 is 0 Å². The van der Waals surface area contributed by atoms with E-state index in [2.05, 4.69) is 0 Å². The Bertz CT molecular complexity index is 1020. The molecule has 26 heavy (non-hydrogen) atoms. The SMILES string of the molecule is COP(=O)(OC)[C@H]1O/C(=C\c2ccccc2)c2nc3ccccc3cc21. The van der Waals surface area contributed by atoms with E-state index in [0.717, 1.165) is 16.5 Å². The second-order valence-corrected chi connectivity index (χ2v) is 8.19. The lowest BCUT2D eigenvalue weighted by molar-refractivity contribution is 0.183. The summed E-state index contributed by atoms with van der Waals surface area (Å²) in [5, 5.41) is 0.944. The average molecular weight is 367 g/mol. The fourth-order valence-electron chi connectivity index (χ4n) is 3.06. The van der Waals surface area contributed by atoms with E-state index in [1.165, 1.54) is 14.2 Å². The van der Waals surface area contributed by atoms with E-state index in [0.29, 0.717) is 17.0 Å². The van der Waals surface area contributed by atoms with Gasteiger partial charge in [0.05, 0.1) is 5.52 Å². The molecule has 0 spiro atoms. The van der Waals surface area contributed by atoms with Gasteiger partial charge in [0.15, 0.2) is 0 Å². The second-order valence-electron chi connectivity index (χ2n) is 5.91. The van der Waals surface area contributed by atoms with Crippen LogP contribution in [-0.4, -0.2) is 19.2 Å². The Morgan fingerprint density at radius 2 is 1.73 bits per heavy atom. The van der Waals surface area contributed by atoms with Crippen molar-refractivity contribution >= 4 is 30.3 Å². The summed E-state index contributed by atoms with van der Waals surface area (Å²) in [6.45, 7) is 0. The first-order valence-electron chi connectivity index (χ1n) is 8.19. The summed E-state index contributed by atoms with van der Waals surface area (Å²) in [4.78, 5) is 4.74. The van der Waals surface area contributed by atoms with E-state index in [4.69, 9.17) is 18.8 Å². The predicted octanol–water partition coefficient (Wildman–Crippen LogP) is 5.25. The molecule has 1 aliphatic rings. The van der Waals surface area contributed by atoms with Gasteiger partial charge in [0.1, 0.15) is 11.5 Å². The van der Waals surface area contributed by atoms with Crippen molar-refractivity contribution in [1.29, 1.82) is 0 Å². The van der Waals surface area contributed by atoms with Crippen LogP contribution in [0.4, 0.5) is 0 Å². The summed E-state index contributed by atoms with van der Waals surface area (Å²) in [7, 11) is -0.761. The van der Waals surface area contributed by atoms with Crippen molar-refractivity contribution in [1.82, 2.24) is 4.98 Å². The summed E-state index contributed by atoms with van der Waals surface area (Å²) in [6.07, 6.45) is 1.89. The third kappa shape index (κ3) is 2.84. The van der Waals surface area contributed by atoms with Gasteiger partial charge in [-0.1, -0.05) is 48.5 Å². The number of rotatable bonds is 4. The van der Waals surface area contributed by atoms with Crippen LogP contribution in [0, 0.1) is 0 Å². The average Bonchev–Trinajstić information content (AvgIpc) is 3.04. The lowest BCUT2D eigenvalue weighted by atomic mass is 10.1. The van der Waals surface area contributed by atoms with Crippen LogP contribution < -0.4 is 0 Å². The molecule has 0 saturated carbocycles. The standard InChI is InChI=1S/C20H18NO4P/c1-23-26(22,24-2)20-16-13-15-10-6-7-11-17(15)21-19(16)18(25-20)12-14-8-4-3-5-9-14/h3-13,20H,1-2H3/b18-12-/t20-/m1/s1. The van der Waals surface area contributed by atoms with Crippen LogP contribution >= 0.6 is 7.60 Å². The van der Waals surface area contributed by atoms with Gasteiger partial charge in [-0.15, -0.1) is 0 Å². The number of para-hydroxylation sites is 1. The Kier molecular flexibility index (Phi) is 4.37. The third-order valence-electron chi connectivity index (χ3n) is 4.39. The summed E-state index contributed by atoms with van der Waals surface area (Å²) in [5.41, 5.74) is 3.18. The topological polar surface area (TPSA) is 57.7 Å². The lowest BCUT2D eigenvalue weighted by Gasteiger charge is -2.20. The molecule has 132 valence electrons. The van der Waals surface area contributed by atoms with Crippen molar-refractivity contribution in [3.05, 3.63) is 77.5 Å². The molecule has 4 rings (SSSR count). The van der Waals surface area contributed by atoms with Crippen LogP contribution in [0.25, 0.3) is 22.7 Å². The summed E-state index contributed by atoms with van der Waals surface area (Å²) < 4.78 is 29.4. The number of pyridine rings is 1. The van der Waals surface area contributed by atoms with Crippen molar-refractivity contribution in [2.45, 2.75) is 5.85 Å². The highest BCUT2D eigenvalue weighted by molar-refractivity contribution is 7.54. The maximum Gasteiger partial charge on any atom is 0.375 e. The molecule has 0 fully saturated rings. The van der Waals surface area contributed by atoms with Crippen LogP contribution in [0.1, 0.15) is 22.7 Å². The summed E-state index contributed by atoms with van der Waals surface area (Å²) in [6, 6.07) is 19.5. The van der Waals surface area contributed by atoms with Crippen molar-refractivity contribution in [2.75, 3.05) is 14.2 Å². The maximum atomic E-state index is 13.0. The highest BCUT2D eigenvalue weighted by Crippen LogP contribution is 2.65. The van der Waals surface area contributed by atoms with Gasteiger partial charge >= 0.3 is 7.60 Å². The summed E-state index contributed by atoms with van der Waals surface area (Å²) in [5.74, 6) is -0.296. The number of fused-ring (bicyclic) bond motifs is 2. The zero-order valence-electron chi connectivity index (χ0n) is 14.5. The molecule has 0 N–H and O–H groups in total. The highest BCUT2D eigenvalue weighted by Gasteiger charge is 2.45. The molecule has 3 aromatic rings. The first-order chi connectivity index (χ1) is 12.6. The molecule has 0 saturated heterocycles. The van der Waals surface area contributed by atoms with Gasteiger partial charge < -0.3 is 13.8 Å². The smallest absolute Gasteiger partial charge is 0.375 e. The molecular formula is C20H18NO4P. The molecule has 5 nitrogen and oxygen atoms in total. The van der Waals surface area contributed by atoms with E-state index < -0.39 is 13.4 Å². The van der Waals surface area contributed by atoms with Crippen molar-refractivity contribution in [3.63, 3.8) is 0 Å². The fourth-order valence-corrected chi connectivity index (χ4v) is 4.37. The van der Waals surface area contributed by atoms with Crippen LogP contribution in [0.3, 0.4) is 0 Å². The van der Waals surface area contributed by atoms with Gasteiger partial charge in [-0.25, -0.2) is 4.98 Å². The minimum atomic E-state index is -3.48. The van der Waals surface area contributed by atoms with E-state index in [1.807, 2.05) is 66.7 Å². The molecule has 2 aromatic carbocycles. The Hall–Kier alpha value is -2.46. The van der Waals surface area contributed by atoms with Gasteiger partial charge in [-0.2, -0.15) is 0 Å². The summed E-state index contributed by atoms with van der Waals surface area (Å²) >= 11 is 0. The zero-order chi connectivity index (χ0) is 18.1. The third-order valence-corrected chi connectivity index (χ3v) is 6.36. The number of hydrogen-bond donors (Lipinski definition) is 0. The number of hydrogen-bond acceptors (Lipinski definition) is 5. The number of ether oxygens (including phenoxy) is 1.